The molecule has 0 spiro atoms. The number of aryl methyl sites for hydroxylation is 1. The number of carbonyl (C=O) groups excluding carboxylic acids is 1. The van der Waals surface area contributed by atoms with Crippen LogP contribution < -0.4 is 10.2 Å². The SMILES string of the molecule is CC1CCc2[nH]c3ccc(C(=O)N/N=C\c4ccc(OC(C)(C)C)cc4)cc3c2C1. The molecule has 0 fully saturated rings. The summed E-state index contributed by atoms with van der Waals surface area (Å²) in [5.74, 6) is 1.28. The van der Waals surface area contributed by atoms with E-state index in [2.05, 4.69) is 22.4 Å². The summed E-state index contributed by atoms with van der Waals surface area (Å²) in [6.07, 6.45) is 4.99. The third kappa shape index (κ3) is 4.56. The predicted octanol–water partition coefficient (Wildman–Crippen LogP) is 5.23. The highest BCUT2D eigenvalue weighted by molar-refractivity contribution is 5.99. The summed E-state index contributed by atoms with van der Waals surface area (Å²) in [6.45, 7) is 8.33. The number of aromatic amines is 1. The Balaban J connectivity index is 1.44. The van der Waals surface area contributed by atoms with Gasteiger partial charge in [-0.1, -0.05) is 6.92 Å². The van der Waals surface area contributed by atoms with Gasteiger partial charge >= 0.3 is 0 Å². The Morgan fingerprint density at radius 2 is 1.97 bits per heavy atom. The maximum absolute atomic E-state index is 12.6. The lowest BCUT2D eigenvalue weighted by molar-refractivity contribution is 0.0955. The number of rotatable bonds is 4. The Bertz CT molecular complexity index is 1090. The van der Waals surface area contributed by atoms with Crippen molar-refractivity contribution in [2.75, 3.05) is 0 Å². The van der Waals surface area contributed by atoms with E-state index in [0.29, 0.717) is 11.5 Å². The second-order valence-electron chi connectivity index (χ2n) is 9.17. The van der Waals surface area contributed by atoms with Gasteiger partial charge in [0.15, 0.2) is 0 Å². The number of nitrogens with one attached hydrogen (secondary N) is 2. The fourth-order valence-electron chi connectivity index (χ4n) is 3.94. The molecule has 1 amide bonds. The van der Waals surface area contributed by atoms with E-state index < -0.39 is 0 Å². The molecule has 1 atom stereocenters. The van der Waals surface area contributed by atoms with Gasteiger partial charge in [-0.25, -0.2) is 5.43 Å². The maximum Gasteiger partial charge on any atom is 0.271 e. The highest BCUT2D eigenvalue weighted by Crippen LogP contribution is 2.32. The van der Waals surface area contributed by atoms with Gasteiger partial charge in [-0.3, -0.25) is 4.79 Å². The zero-order valence-corrected chi connectivity index (χ0v) is 18.1. The van der Waals surface area contributed by atoms with Crippen molar-refractivity contribution in [3.8, 4) is 5.75 Å². The molecule has 1 heterocycles. The van der Waals surface area contributed by atoms with Crippen LogP contribution in [0.15, 0.2) is 47.6 Å². The summed E-state index contributed by atoms with van der Waals surface area (Å²) in [4.78, 5) is 16.1. The molecular formula is C25H29N3O2. The third-order valence-corrected chi connectivity index (χ3v) is 5.38. The number of H-pyrrole nitrogens is 1. The van der Waals surface area contributed by atoms with Gasteiger partial charge in [0, 0.05) is 22.2 Å². The van der Waals surface area contributed by atoms with Crippen LogP contribution in [0.25, 0.3) is 10.9 Å². The molecule has 0 bridgehead atoms. The Morgan fingerprint density at radius 1 is 1.20 bits per heavy atom. The van der Waals surface area contributed by atoms with Crippen LogP contribution in [-0.4, -0.2) is 22.7 Å². The quantitative estimate of drug-likeness (QED) is 0.462. The number of benzene rings is 2. The molecule has 1 aliphatic rings. The van der Waals surface area contributed by atoms with Crippen LogP contribution in [-0.2, 0) is 12.8 Å². The minimum Gasteiger partial charge on any atom is -0.488 e. The molecule has 3 aromatic rings. The van der Waals surface area contributed by atoms with Gasteiger partial charge in [0.2, 0.25) is 0 Å². The number of nitrogens with zero attached hydrogens (tertiary/aromatic N) is 1. The van der Waals surface area contributed by atoms with E-state index in [1.165, 1.54) is 17.7 Å². The van der Waals surface area contributed by atoms with Crippen LogP contribution in [0.4, 0.5) is 0 Å². The van der Waals surface area contributed by atoms with Gasteiger partial charge < -0.3 is 9.72 Å². The van der Waals surface area contributed by atoms with E-state index in [9.17, 15) is 4.79 Å². The number of hydrogen-bond donors (Lipinski definition) is 2. The van der Waals surface area contributed by atoms with Crippen molar-refractivity contribution in [1.29, 1.82) is 0 Å². The zero-order chi connectivity index (χ0) is 21.3. The Morgan fingerprint density at radius 3 is 2.70 bits per heavy atom. The average Bonchev–Trinajstić information content (AvgIpc) is 3.05. The predicted molar refractivity (Wildman–Crippen MR) is 121 cm³/mol. The monoisotopic (exact) mass is 403 g/mol. The van der Waals surface area contributed by atoms with Crippen molar-refractivity contribution in [2.24, 2.45) is 11.0 Å². The number of fused-ring (bicyclic) bond motifs is 3. The Labute approximate surface area is 177 Å². The number of ether oxygens (including phenoxy) is 1. The van der Waals surface area contributed by atoms with Crippen molar-refractivity contribution in [2.45, 2.75) is 52.6 Å². The molecule has 1 aromatic heterocycles. The first-order valence-electron chi connectivity index (χ1n) is 10.5. The molecule has 156 valence electrons. The van der Waals surface area contributed by atoms with Crippen LogP contribution in [0.5, 0.6) is 5.75 Å². The summed E-state index contributed by atoms with van der Waals surface area (Å²) in [6, 6.07) is 13.4. The molecule has 30 heavy (non-hydrogen) atoms. The second-order valence-corrected chi connectivity index (χ2v) is 9.17. The normalized spacial score (nSPS) is 16.6. The van der Waals surface area contributed by atoms with Crippen molar-refractivity contribution in [3.63, 3.8) is 0 Å². The zero-order valence-electron chi connectivity index (χ0n) is 18.1. The Hall–Kier alpha value is -3.08. The Kier molecular flexibility index (Phi) is 5.37. The topological polar surface area (TPSA) is 66.5 Å². The van der Waals surface area contributed by atoms with Crippen LogP contribution >= 0.6 is 0 Å². The summed E-state index contributed by atoms with van der Waals surface area (Å²) in [5.41, 5.74) is 7.69. The summed E-state index contributed by atoms with van der Waals surface area (Å²) < 4.78 is 5.81. The molecule has 4 rings (SSSR count). The highest BCUT2D eigenvalue weighted by atomic mass is 16.5. The van der Waals surface area contributed by atoms with Gasteiger partial charge in [-0.05, 0) is 99.5 Å². The molecule has 2 aromatic carbocycles. The minimum atomic E-state index is -0.235. The van der Waals surface area contributed by atoms with Crippen molar-refractivity contribution >= 4 is 23.0 Å². The molecule has 2 N–H and O–H groups in total. The first kappa shape index (κ1) is 20.2. The third-order valence-electron chi connectivity index (χ3n) is 5.38. The number of hydrogen-bond acceptors (Lipinski definition) is 3. The van der Waals surface area contributed by atoms with Gasteiger partial charge in [0.05, 0.1) is 6.21 Å². The van der Waals surface area contributed by atoms with Gasteiger partial charge in [-0.15, -0.1) is 0 Å². The van der Waals surface area contributed by atoms with Crippen molar-refractivity contribution < 1.29 is 9.53 Å². The van der Waals surface area contributed by atoms with E-state index >= 15 is 0 Å². The molecule has 5 heteroatoms. The first-order valence-corrected chi connectivity index (χ1v) is 10.5. The fourth-order valence-corrected chi connectivity index (χ4v) is 3.94. The van der Waals surface area contributed by atoms with E-state index in [4.69, 9.17) is 4.74 Å². The van der Waals surface area contributed by atoms with Gasteiger partial charge in [0.25, 0.3) is 5.91 Å². The molecule has 0 radical (unpaired) electrons. The highest BCUT2D eigenvalue weighted by Gasteiger charge is 2.20. The molecule has 1 unspecified atom stereocenters. The average molecular weight is 404 g/mol. The molecular weight excluding hydrogens is 374 g/mol. The van der Waals surface area contributed by atoms with E-state index in [1.54, 1.807) is 6.21 Å². The minimum absolute atomic E-state index is 0.209. The van der Waals surface area contributed by atoms with Crippen LogP contribution in [0.3, 0.4) is 0 Å². The second kappa shape index (κ2) is 7.98. The maximum atomic E-state index is 12.6. The van der Waals surface area contributed by atoms with E-state index in [-0.39, 0.29) is 11.5 Å². The summed E-state index contributed by atoms with van der Waals surface area (Å²) in [7, 11) is 0. The fraction of sp³-hybridized carbons (Fsp3) is 0.360. The number of carbonyl (C=O) groups is 1. The van der Waals surface area contributed by atoms with E-state index in [0.717, 1.165) is 35.1 Å². The summed E-state index contributed by atoms with van der Waals surface area (Å²) >= 11 is 0. The van der Waals surface area contributed by atoms with Crippen LogP contribution in [0, 0.1) is 5.92 Å². The number of amides is 1. The van der Waals surface area contributed by atoms with Crippen molar-refractivity contribution in [1.82, 2.24) is 10.4 Å². The largest absolute Gasteiger partial charge is 0.488 e. The lowest BCUT2D eigenvalue weighted by Crippen LogP contribution is -2.22. The molecule has 5 nitrogen and oxygen atoms in total. The molecule has 1 aliphatic carbocycles. The summed E-state index contributed by atoms with van der Waals surface area (Å²) in [5, 5.41) is 5.27. The van der Waals surface area contributed by atoms with E-state index in [1.807, 2.05) is 63.2 Å². The standard InChI is InChI=1S/C25H29N3O2/c1-16-5-11-22-20(13-16)21-14-18(8-12-23(21)27-22)24(29)28-26-15-17-6-9-19(10-7-17)30-25(2,3)4/h6-10,12,14-16,27H,5,11,13H2,1-4H3,(H,28,29)/b26-15-. The smallest absolute Gasteiger partial charge is 0.271 e. The van der Waals surface area contributed by atoms with Crippen LogP contribution in [0.2, 0.25) is 0 Å². The van der Waals surface area contributed by atoms with Crippen LogP contribution in [0.1, 0.15) is 61.3 Å². The van der Waals surface area contributed by atoms with Gasteiger partial charge in [-0.2, -0.15) is 5.10 Å². The molecule has 0 saturated heterocycles. The lowest BCUT2D eigenvalue weighted by Gasteiger charge is -2.21. The first-order chi connectivity index (χ1) is 14.3. The van der Waals surface area contributed by atoms with Gasteiger partial charge in [0.1, 0.15) is 11.4 Å². The molecule has 0 saturated carbocycles. The van der Waals surface area contributed by atoms with Crippen molar-refractivity contribution in [3.05, 3.63) is 64.8 Å². The lowest BCUT2D eigenvalue weighted by atomic mass is 9.87. The number of aromatic nitrogens is 1. The number of hydrazone groups is 1. The molecule has 0 aliphatic heterocycles.